The summed E-state index contributed by atoms with van der Waals surface area (Å²) in [5, 5.41) is 3.06. The van der Waals surface area contributed by atoms with E-state index in [0.29, 0.717) is 11.7 Å². The maximum Gasteiger partial charge on any atom is 0.307 e. The molecule has 24 heavy (non-hydrogen) atoms. The van der Waals surface area contributed by atoms with Crippen LogP contribution in [0.4, 0.5) is 0 Å². The van der Waals surface area contributed by atoms with Crippen LogP contribution in [-0.2, 0) is 0 Å². The molecule has 6 nitrogen and oxygen atoms in total. The van der Waals surface area contributed by atoms with Gasteiger partial charge in [0.2, 0.25) is 0 Å². The van der Waals surface area contributed by atoms with Crippen molar-refractivity contribution >= 4 is 5.91 Å². The van der Waals surface area contributed by atoms with E-state index in [-0.39, 0.29) is 17.8 Å². The van der Waals surface area contributed by atoms with Gasteiger partial charge in [0.1, 0.15) is 5.75 Å². The van der Waals surface area contributed by atoms with E-state index in [1.54, 1.807) is 13.3 Å². The molecule has 2 bridgehead atoms. The summed E-state index contributed by atoms with van der Waals surface area (Å²) in [4.78, 5) is 19.0. The first kappa shape index (κ1) is 15.2. The summed E-state index contributed by atoms with van der Waals surface area (Å²) in [6.45, 7) is 3.24. The highest BCUT2D eigenvalue weighted by atomic mass is 16.5. The maximum atomic E-state index is 12.4. The minimum atomic E-state index is -0.239. The molecule has 0 spiro atoms. The first-order valence-electron chi connectivity index (χ1n) is 8.35. The molecule has 3 atom stereocenters. The van der Waals surface area contributed by atoms with Crippen molar-refractivity contribution in [2.75, 3.05) is 26.7 Å². The number of rotatable bonds is 4. The molecule has 3 heterocycles. The van der Waals surface area contributed by atoms with Gasteiger partial charge >= 0.3 is 5.91 Å². The normalized spacial score (nSPS) is 25.5. The molecular formula is C18H21N3O3. The van der Waals surface area contributed by atoms with Crippen molar-refractivity contribution < 1.29 is 13.9 Å². The van der Waals surface area contributed by atoms with Crippen LogP contribution >= 0.6 is 0 Å². The van der Waals surface area contributed by atoms with Gasteiger partial charge in [-0.2, -0.15) is 0 Å². The number of methoxy groups -OCH3 is 1. The van der Waals surface area contributed by atoms with Gasteiger partial charge in [-0.15, -0.1) is 0 Å². The Morgan fingerprint density at radius 1 is 1.42 bits per heavy atom. The summed E-state index contributed by atoms with van der Waals surface area (Å²) in [7, 11) is 1.62. The molecule has 4 rings (SSSR count). The Balaban J connectivity index is 1.45. The Morgan fingerprint density at radius 3 is 3.17 bits per heavy atom. The molecule has 1 N–H and O–H groups in total. The van der Waals surface area contributed by atoms with Gasteiger partial charge in [0.25, 0.3) is 5.89 Å². The zero-order valence-corrected chi connectivity index (χ0v) is 13.7. The predicted molar refractivity (Wildman–Crippen MR) is 88.9 cm³/mol. The third-order valence-electron chi connectivity index (χ3n) is 4.86. The van der Waals surface area contributed by atoms with Gasteiger partial charge in [0.15, 0.2) is 5.76 Å². The fraction of sp³-hybridized carbons (Fsp3) is 0.444. The number of benzene rings is 1. The molecule has 3 unspecified atom stereocenters. The minimum Gasteiger partial charge on any atom is -0.497 e. The molecule has 126 valence electrons. The van der Waals surface area contributed by atoms with Gasteiger partial charge in [-0.3, -0.25) is 4.79 Å². The molecule has 0 saturated carbocycles. The SMILES string of the molecule is COc1cccc(-c2cnc(C(=O)NC3CC4CCN(C4)C3)o2)c1. The van der Waals surface area contributed by atoms with E-state index in [2.05, 4.69) is 15.2 Å². The number of aromatic nitrogens is 1. The number of piperidine rings is 1. The highest BCUT2D eigenvalue weighted by Crippen LogP contribution is 2.27. The lowest BCUT2D eigenvalue weighted by Crippen LogP contribution is -2.47. The zero-order chi connectivity index (χ0) is 16.5. The second-order valence-electron chi connectivity index (χ2n) is 6.58. The van der Waals surface area contributed by atoms with Gasteiger partial charge in [-0.1, -0.05) is 12.1 Å². The molecule has 1 aromatic heterocycles. The molecule has 2 aromatic rings. The van der Waals surface area contributed by atoms with E-state index in [1.165, 1.54) is 13.0 Å². The summed E-state index contributed by atoms with van der Waals surface area (Å²) in [6, 6.07) is 7.68. The topological polar surface area (TPSA) is 67.6 Å². The van der Waals surface area contributed by atoms with Crippen molar-refractivity contribution in [2.24, 2.45) is 5.92 Å². The summed E-state index contributed by atoms with van der Waals surface area (Å²) in [6.07, 6.45) is 3.87. The van der Waals surface area contributed by atoms with Crippen LogP contribution in [0.15, 0.2) is 34.9 Å². The lowest BCUT2D eigenvalue weighted by atomic mass is 9.97. The molecule has 2 fully saturated rings. The van der Waals surface area contributed by atoms with Crippen molar-refractivity contribution in [1.82, 2.24) is 15.2 Å². The van der Waals surface area contributed by atoms with Crippen LogP contribution in [0, 0.1) is 5.92 Å². The lowest BCUT2D eigenvalue weighted by molar-refractivity contribution is 0.0875. The average Bonchev–Trinajstić information content (AvgIpc) is 3.22. The number of carbonyl (C=O) groups excluding carboxylic acids is 1. The van der Waals surface area contributed by atoms with Crippen LogP contribution in [0.25, 0.3) is 11.3 Å². The number of nitrogens with zero attached hydrogens (tertiary/aromatic N) is 2. The lowest BCUT2D eigenvalue weighted by Gasteiger charge is -2.30. The minimum absolute atomic E-state index is 0.112. The fourth-order valence-electron chi connectivity index (χ4n) is 3.70. The third kappa shape index (κ3) is 3.01. The van der Waals surface area contributed by atoms with Crippen molar-refractivity contribution in [1.29, 1.82) is 0 Å². The summed E-state index contributed by atoms with van der Waals surface area (Å²) >= 11 is 0. The Hall–Kier alpha value is -2.34. The maximum absolute atomic E-state index is 12.4. The largest absolute Gasteiger partial charge is 0.497 e. The molecular weight excluding hydrogens is 306 g/mol. The summed E-state index contributed by atoms with van der Waals surface area (Å²) < 4.78 is 10.9. The van der Waals surface area contributed by atoms with E-state index in [1.807, 2.05) is 24.3 Å². The van der Waals surface area contributed by atoms with Crippen LogP contribution in [0.1, 0.15) is 23.5 Å². The molecule has 1 amide bonds. The van der Waals surface area contributed by atoms with E-state index < -0.39 is 0 Å². The Kier molecular flexibility index (Phi) is 3.98. The van der Waals surface area contributed by atoms with Crippen LogP contribution < -0.4 is 10.1 Å². The van der Waals surface area contributed by atoms with Gasteiger partial charge in [-0.25, -0.2) is 4.98 Å². The summed E-state index contributed by atoms with van der Waals surface area (Å²) in [5.41, 5.74) is 0.836. The zero-order valence-electron chi connectivity index (χ0n) is 13.7. The standard InChI is InChI=1S/C18H21N3O3/c1-23-15-4-2-3-13(8-15)16-9-19-18(24-16)17(22)20-14-7-12-5-6-21(10-12)11-14/h2-4,8-9,12,14H,5-7,10-11H2,1H3,(H,20,22). The van der Waals surface area contributed by atoms with E-state index in [9.17, 15) is 4.79 Å². The number of ether oxygens (including phenoxy) is 1. The summed E-state index contributed by atoms with van der Waals surface area (Å²) in [5.74, 6) is 1.88. The fourth-order valence-corrected chi connectivity index (χ4v) is 3.70. The molecule has 2 aliphatic rings. The smallest absolute Gasteiger partial charge is 0.307 e. The van der Waals surface area contributed by atoms with Crippen LogP contribution in [0.5, 0.6) is 5.75 Å². The van der Waals surface area contributed by atoms with Gasteiger partial charge in [-0.05, 0) is 37.4 Å². The molecule has 2 aliphatic heterocycles. The average molecular weight is 327 g/mol. The molecule has 2 saturated heterocycles. The van der Waals surface area contributed by atoms with Gasteiger partial charge in [0, 0.05) is 24.7 Å². The first-order valence-corrected chi connectivity index (χ1v) is 8.35. The van der Waals surface area contributed by atoms with Crippen LogP contribution in [-0.4, -0.2) is 48.6 Å². The number of hydrogen-bond acceptors (Lipinski definition) is 5. The third-order valence-corrected chi connectivity index (χ3v) is 4.86. The number of hydrogen-bond donors (Lipinski definition) is 1. The molecule has 0 radical (unpaired) electrons. The number of amides is 1. The second kappa shape index (κ2) is 6.28. The Labute approximate surface area is 140 Å². The van der Waals surface area contributed by atoms with Crippen LogP contribution in [0.3, 0.4) is 0 Å². The van der Waals surface area contributed by atoms with Crippen molar-refractivity contribution in [3.8, 4) is 17.1 Å². The van der Waals surface area contributed by atoms with Crippen molar-refractivity contribution in [3.63, 3.8) is 0 Å². The highest BCUT2D eigenvalue weighted by Gasteiger charge is 2.33. The number of oxazole rings is 1. The van der Waals surface area contributed by atoms with E-state index in [0.717, 1.165) is 30.8 Å². The molecule has 1 aromatic carbocycles. The first-order chi connectivity index (χ1) is 11.7. The van der Waals surface area contributed by atoms with E-state index in [4.69, 9.17) is 9.15 Å². The van der Waals surface area contributed by atoms with Gasteiger partial charge < -0.3 is 19.4 Å². The number of fused-ring (bicyclic) bond motifs is 2. The Morgan fingerprint density at radius 2 is 2.33 bits per heavy atom. The molecule has 6 heteroatoms. The van der Waals surface area contributed by atoms with Crippen LogP contribution in [0.2, 0.25) is 0 Å². The van der Waals surface area contributed by atoms with E-state index >= 15 is 0 Å². The quantitative estimate of drug-likeness (QED) is 0.932. The monoisotopic (exact) mass is 327 g/mol. The second-order valence-corrected chi connectivity index (χ2v) is 6.58. The van der Waals surface area contributed by atoms with Gasteiger partial charge in [0.05, 0.1) is 13.3 Å². The number of nitrogens with one attached hydrogen (secondary N) is 1. The predicted octanol–water partition coefficient (Wildman–Crippen LogP) is 2.17. The Bertz CT molecular complexity index is 731. The molecule has 0 aliphatic carbocycles. The highest BCUT2D eigenvalue weighted by molar-refractivity contribution is 5.90. The van der Waals surface area contributed by atoms with Crippen molar-refractivity contribution in [2.45, 2.75) is 18.9 Å². The number of carbonyl (C=O) groups is 1. The van der Waals surface area contributed by atoms with Crippen molar-refractivity contribution in [3.05, 3.63) is 36.4 Å².